The fourth-order valence-corrected chi connectivity index (χ4v) is 4.50. The summed E-state index contributed by atoms with van der Waals surface area (Å²) in [7, 11) is 3.84. The van der Waals surface area contributed by atoms with Crippen LogP contribution in [-0.2, 0) is 22.6 Å². The number of anilines is 1. The average Bonchev–Trinajstić information content (AvgIpc) is 2.85. The van der Waals surface area contributed by atoms with Gasteiger partial charge in [-0.1, -0.05) is 48.5 Å². The van der Waals surface area contributed by atoms with Gasteiger partial charge < -0.3 is 14.7 Å². The van der Waals surface area contributed by atoms with E-state index in [4.69, 9.17) is 0 Å². The van der Waals surface area contributed by atoms with Crippen LogP contribution in [-0.4, -0.2) is 79.4 Å². The maximum Gasteiger partial charge on any atom is 0.237 e. The van der Waals surface area contributed by atoms with Crippen LogP contribution in [0.25, 0.3) is 0 Å². The predicted molar refractivity (Wildman–Crippen MR) is 139 cm³/mol. The lowest BCUT2D eigenvalue weighted by Gasteiger charge is -2.30. The molecule has 2 aromatic rings. The number of fused-ring (bicyclic) bond motifs is 1. The summed E-state index contributed by atoms with van der Waals surface area (Å²) < 4.78 is 0. The highest BCUT2D eigenvalue weighted by atomic mass is 16.2. The first kappa shape index (κ1) is 25.9. The molecule has 0 bridgehead atoms. The lowest BCUT2D eigenvalue weighted by molar-refractivity contribution is -0.132. The summed E-state index contributed by atoms with van der Waals surface area (Å²) in [6, 6.07) is 18.6. The minimum atomic E-state index is 0.115. The van der Waals surface area contributed by atoms with Gasteiger partial charge in [0.15, 0.2) is 0 Å². The van der Waals surface area contributed by atoms with E-state index in [-0.39, 0.29) is 11.8 Å². The van der Waals surface area contributed by atoms with Gasteiger partial charge in [-0.3, -0.25) is 14.5 Å². The van der Waals surface area contributed by atoms with Gasteiger partial charge in [0.2, 0.25) is 11.8 Å². The van der Waals surface area contributed by atoms with Gasteiger partial charge in [0.25, 0.3) is 0 Å². The third-order valence-corrected chi connectivity index (χ3v) is 6.43. The van der Waals surface area contributed by atoms with Crippen LogP contribution in [0, 0.1) is 0 Å². The molecule has 0 N–H and O–H groups in total. The largest absolute Gasteiger partial charge is 0.336 e. The van der Waals surface area contributed by atoms with Crippen LogP contribution in [0.2, 0.25) is 0 Å². The first-order chi connectivity index (χ1) is 16.3. The zero-order valence-corrected chi connectivity index (χ0v) is 21.2. The number of aryl methyl sites for hydroxylation is 1. The summed E-state index contributed by atoms with van der Waals surface area (Å²) in [4.78, 5) is 34.8. The van der Waals surface area contributed by atoms with Gasteiger partial charge in [0.1, 0.15) is 0 Å². The Kier molecular flexibility index (Phi) is 9.66. The molecule has 0 spiro atoms. The van der Waals surface area contributed by atoms with E-state index >= 15 is 0 Å². The number of carbonyl (C=O) groups is 2. The first-order valence-electron chi connectivity index (χ1n) is 12.4. The van der Waals surface area contributed by atoms with Crippen molar-refractivity contribution in [3.05, 3.63) is 65.7 Å². The summed E-state index contributed by atoms with van der Waals surface area (Å²) >= 11 is 0. The van der Waals surface area contributed by atoms with Crippen LogP contribution in [0.1, 0.15) is 37.8 Å². The second-order valence-electron chi connectivity index (χ2n) is 9.70. The number of likely N-dealkylation sites (N-methyl/N-ethyl adjacent to an activating group) is 1. The molecular formula is C28H40N4O2. The molecule has 0 unspecified atom stereocenters. The van der Waals surface area contributed by atoms with Crippen LogP contribution >= 0.6 is 0 Å². The Morgan fingerprint density at radius 3 is 2.29 bits per heavy atom. The smallest absolute Gasteiger partial charge is 0.237 e. The monoisotopic (exact) mass is 464 g/mol. The molecule has 0 atom stereocenters. The molecule has 0 aromatic heterocycles. The number of hydrogen-bond acceptors (Lipinski definition) is 4. The predicted octanol–water partition coefficient (Wildman–Crippen LogP) is 3.66. The van der Waals surface area contributed by atoms with Crippen molar-refractivity contribution in [2.24, 2.45) is 0 Å². The molecule has 6 nitrogen and oxygen atoms in total. The molecule has 2 aromatic carbocycles. The van der Waals surface area contributed by atoms with E-state index in [9.17, 15) is 9.59 Å². The van der Waals surface area contributed by atoms with E-state index in [1.54, 1.807) is 0 Å². The molecule has 184 valence electrons. The topological polar surface area (TPSA) is 47.1 Å². The summed E-state index contributed by atoms with van der Waals surface area (Å²) in [5.41, 5.74) is 3.13. The molecule has 0 saturated carbocycles. The summed E-state index contributed by atoms with van der Waals surface area (Å²) in [5, 5.41) is 0. The number of rotatable bonds is 6. The first-order valence-corrected chi connectivity index (χ1v) is 12.4. The average molecular weight is 465 g/mol. The number of amides is 2. The van der Waals surface area contributed by atoms with Crippen molar-refractivity contribution in [3.8, 4) is 0 Å². The van der Waals surface area contributed by atoms with Gasteiger partial charge in [-0.2, -0.15) is 0 Å². The lowest BCUT2D eigenvalue weighted by Crippen LogP contribution is -2.43. The van der Waals surface area contributed by atoms with Crippen molar-refractivity contribution in [2.75, 3.05) is 51.7 Å². The van der Waals surface area contributed by atoms with Crippen LogP contribution in [0.4, 0.5) is 5.69 Å². The number of benzene rings is 2. The number of carbonyl (C=O) groups excluding carboxylic acids is 2. The molecule has 0 radical (unpaired) electrons. The highest BCUT2D eigenvalue weighted by Crippen LogP contribution is 2.25. The third kappa shape index (κ3) is 7.40. The SMILES string of the molecule is CC(C)N1CCCN(C(=O)CCc2ccccc2)c2ccccc2CN(C(=O)CN(C)C)CC1. The molecule has 34 heavy (non-hydrogen) atoms. The number of nitrogens with zero attached hydrogens (tertiary/aromatic N) is 4. The molecule has 0 saturated heterocycles. The highest BCUT2D eigenvalue weighted by Gasteiger charge is 2.24. The molecule has 0 aliphatic carbocycles. The Labute approximate surface area is 205 Å². The van der Waals surface area contributed by atoms with Gasteiger partial charge in [0, 0.05) is 50.9 Å². The van der Waals surface area contributed by atoms with E-state index in [0.717, 1.165) is 37.2 Å². The normalized spacial score (nSPS) is 15.8. The molecule has 1 aliphatic heterocycles. The number of hydrogen-bond donors (Lipinski definition) is 0. The minimum absolute atomic E-state index is 0.115. The van der Waals surface area contributed by atoms with Crippen molar-refractivity contribution in [1.82, 2.24) is 14.7 Å². The van der Waals surface area contributed by atoms with Gasteiger partial charge >= 0.3 is 0 Å². The quantitative estimate of drug-likeness (QED) is 0.655. The fraction of sp³-hybridized carbons (Fsp3) is 0.500. The third-order valence-electron chi connectivity index (χ3n) is 6.43. The zero-order valence-electron chi connectivity index (χ0n) is 21.2. The maximum atomic E-state index is 13.5. The standard InChI is InChI=1S/C28H40N4O2/c1-23(2)30-17-10-18-32(27(33)16-15-24-11-6-5-7-12-24)26-14-9-8-13-25(26)21-31(20-19-30)28(34)22-29(3)4/h5-9,11-14,23H,10,15-22H2,1-4H3. The van der Waals surface area contributed by atoms with Crippen LogP contribution in [0.3, 0.4) is 0 Å². The second kappa shape index (κ2) is 12.7. The minimum Gasteiger partial charge on any atom is -0.336 e. The molecule has 0 fully saturated rings. The Hall–Kier alpha value is -2.70. The molecule has 2 amide bonds. The van der Waals surface area contributed by atoms with Gasteiger partial charge in [-0.25, -0.2) is 0 Å². The van der Waals surface area contributed by atoms with E-state index in [0.29, 0.717) is 38.6 Å². The van der Waals surface area contributed by atoms with E-state index in [1.807, 2.05) is 65.2 Å². The Bertz CT molecular complexity index is 929. The van der Waals surface area contributed by atoms with E-state index in [1.165, 1.54) is 5.56 Å². The summed E-state index contributed by atoms with van der Waals surface area (Å²) in [6.45, 7) is 8.38. The highest BCUT2D eigenvalue weighted by molar-refractivity contribution is 5.94. The van der Waals surface area contributed by atoms with Crippen molar-refractivity contribution >= 4 is 17.5 Å². The maximum absolute atomic E-state index is 13.5. The Balaban J connectivity index is 1.88. The van der Waals surface area contributed by atoms with E-state index in [2.05, 4.69) is 36.9 Å². The summed E-state index contributed by atoms with van der Waals surface area (Å²) in [5.74, 6) is 0.252. The van der Waals surface area contributed by atoms with Gasteiger partial charge in [0.05, 0.1) is 6.54 Å². The zero-order chi connectivity index (χ0) is 24.5. The van der Waals surface area contributed by atoms with Crippen molar-refractivity contribution in [2.45, 2.75) is 45.7 Å². The molecular weight excluding hydrogens is 424 g/mol. The van der Waals surface area contributed by atoms with E-state index < -0.39 is 0 Å². The van der Waals surface area contributed by atoms with Crippen LogP contribution < -0.4 is 4.90 Å². The number of para-hydroxylation sites is 1. The van der Waals surface area contributed by atoms with Crippen molar-refractivity contribution in [3.63, 3.8) is 0 Å². The van der Waals surface area contributed by atoms with Crippen molar-refractivity contribution < 1.29 is 9.59 Å². The molecule has 1 aliphatic rings. The van der Waals surface area contributed by atoms with Gasteiger partial charge in [-0.05, 0) is 58.0 Å². The second-order valence-corrected chi connectivity index (χ2v) is 9.70. The fourth-order valence-electron chi connectivity index (χ4n) is 4.50. The lowest BCUT2D eigenvalue weighted by atomic mass is 10.1. The van der Waals surface area contributed by atoms with Crippen LogP contribution in [0.15, 0.2) is 54.6 Å². The van der Waals surface area contributed by atoms with Gasteiger partial charge in [-0.15, -0.1) is 0 Å². The van der Waals surface area contributed by atoms with Crippen LogP contribution in [0.5, 0.6) is 0 Å². The summed E-state index contributed by atoms with van der Waals surface area (Å²) in [6.07, 6.45) is 2.09. The molecule has 3 rings (SSSR count). The Morgan fingerprint density at radius 1 is 0.882 bits per heavy atom. The molecule has 6 heteroatoms. The Morgan fingerprint density at radius 2 is 1.59 bits per heavy atom. The van der Waals surface area contributed by atoms with Crippen molar-refractivity contribution in [1.29, 1.82) is 0 Å². The molecule has 1 heterocycles.